The van der Waals surface area contributed by atoms with Crippen molar-refractivity contribution < 1.29 is 4.79 Å². The van der Waals surface area contributed by atoms with Crippen LogP contribution < -0.4 is 0 Å². The Kier molecular flexibility index (Phi) is 4.58. The van der Waals surface area contributed by atoms with Gasteiger partial charge in [-0.15, -0.1) is 0 Å². The minimum absolute atomic E-state index is 0.347. The van der Waals surface area contributed by atoms with Crippen LogP contribution in [0.3, 0.4) is 0 Å². The molecule has 0 saturated heterocycles. The van der Waals surface area contributed by atoms with E-state index in [1.165, 1.54) is 0 Å². The number of aryl methyl sites for hydroxylation is 1. The summed E-state index contributed by atoms with van der Waals surface area (Å²) in [5.41, 5.74) is -0.619. The Bertz CT molecular complexity index is 649. The summed E-state index contributed by atoms with van der Waals surface area (Å²) in [6.45, 7) is 1.87. The van der Waals surface area contributed by atoms with E-state index in [2.05, 4.69) is 0 Å². The number of rotatable bonds is 4. The molecule has 1 aromatic carbocycles. The third kappa shape index (κ3) is 2.81. The molecule has 96 valence electrons. The van der Waals surface area contributed by atoms with Crippen molar-refractivity contribution in [2.24, 2.45) is 11.3 Å². The Morgan fingerprint density at radius 3 is 2.00 bits per heavy atom. The minimum Gasteiger partial charge on any atom is -0.294 e. The Morgan fingerprint density at radius 1 is 1.10 bits per heavy atom. The normalized spacial score (nSPS) is 9.90. The van der Waals surface area contributed by atoms with Crippen LogP contribution in [-0.2, 0) is 0 Å². The summed E-state index contributed by atoms with van der Waals surface area (Å²) in [4.78, 5) is 12.1. The first-order chi connectivity index (χ1) is 9.52. The molecule has 0 aliphatic rings. The van der Waals surface area contributed by atoms with Crippen molar-refractivity contribution in [3.05, 3.63) is 35.4 Å². The molecule has 0 spiro atoms. The fourth-order valence-corrected chi connectivity index (χ4v) is 1.68. The van der Waals surface area contributed by atoms with Crippen LogP contribution in [0, 0.1) is 63.6 Å². The van der Waals surface area contributed by atoms with Crippen molar-refractivity contribution in [3.63, 3.8) is 0 Å². The summed E-state index contributed by atoms with van der Waals surface area (Å²) >= 11 is 0. The summed E-state index contributed by atoms with van der Waals surface area (Å²) in [5.74, 6) is -1.91. The monoisotopic (exact) mass is 262 g/mol. The van der Waals surface area contributed by atoms with E-state index in [0.717, 1.165) is 5.56 Å². The van der Waals surface area contributed by atoms with Gasteiger partial charge in [0.05, 0.1) is 24.3 Å². The SMILES string of the molecule is Cc1ccc(C(=O)CC(C#N)(C#N)C(C#N)C#N)cc1. The van der Waals surface area contributed by atoms with Crippen LogP contribution in [0.1, 0.15) is 22.3 Å². The standard InChI is InChI=1S/C15H10N4O/c1-11-2-4-12(5-3-11)14(20)6-15(9-18,10-19)13(7-16)8-17/h2-5,13H,6H2,1H3. The second-order valence-corrected chi connectivity index (χ2v) is 4.35. The van der Waals surface area contributed by atoms with Crippen molar-refractivity contribution >= 4 is 5.78 Å². The first-order valence-corrected chi connectivity index (χ1v) is 5.74. The van der Waals surface area contributed by atoms with E-state index in [4.69, 9.17) is 21.0 Å². The Labute approximate surface area is 116 Å². The van der Waals surface area contributed by atoms with Gasteiger partial charge in [0, 0.05) is 12.0 Å². The molecule has 0 aliphatic heterocycles. The summed E-state index contributed by atoms with van der Waals surface area (Å²) in [6, 6.07) is 13.2. The van der Waals surface area contributed by atoms with Crippen LogP contribution >= 0.6 is 0 Å². The number of carbonyl (C=O) groups excluding carboxylic acids is 1. The molecule has 0 amide bonds. The van der Waals surface area contributed by atoms with Crippen molar-refractivity contribution in [2.75, 3.05) is 0 Å². The number of hydrogen-bond donors (Lipinski definition) is 0. The maximum absolute atomic E-state index is 12.1. The largest absolute Gasteiger partial charge is 0.294 e. The number of nitriles is 4. The molecule has 0 fully saturated rings. The fourth-order valence-electron chi connectivity index (χ4n) is 1.68. The van der Waals surface area contributed by atoms with Crippen LogP contribution in [0.25, 0.3) is 0 Å². The highest BCUT2D eigenvalue weighted by molar-refractivity contribution is 5.97. The molecule has 5 nitrogen and oxygen atoms in total. The van der Waals surface area contributed by atoms with E-state index < -0.39 is 23.5 Å². The van der Waals surface area contributed by atoms with E-state index >= 15 is 0 Å². The number of hydrogen-bond acceptors (Lipinski definition) is 5. The zero-order valence-corrected chi connectivity index (χ0v) is 10.8. The third-order valence-corrected chi connectivity index (χ3v) is 2.96. The highest BCUT2D eigenvalue weighted by Gasteiger charge is 2.42. The van der Waals surface area contributed by atoms with E-state index in [9.17, 15) is 4.79 Å². The molecule has 0 atom stereocenters. The second kappa shape index (κ2) is 6.14. The zero-order chi connectivity index (χ0) is 15.2. The molecule has 0 heterocycles. The maximum Gasteiger partial charge on any atom is 0.179 e. The molecule has 0 aromatic heterocycles. The van der Waals surface area contributed by atoms with Gasteiger partial charge in [-0.2, -0.15) is 21.0 Å². The van der Waals surface area contributed by atoms with Crippen molar-refractivity contribution in [1.82, 2.24) is 0 Å². The van der Waals surface area contributed by atoms with Gasteiger partial charge < -0.3 is 0 Å². The van der Waals surface area contributed by atoms with Crippen molar-refractivity contribution in [1.29, 1.82) is 21.0 Å². The molecule has 0 bridgehead atoms. The van der Waals surface area contributed by atoms with Crippen LogP contribution in [0.4, 0.5) is 0 Å². The predicted molar refractivity (Wildman–Crippen MR) is 68.5 cm³/mol. The Balaban J connectivity index is 3.11. The molecule has 20 heavy (non-hydrogen) atoms. The molecule has 0 unspecified atom stereocenters. The number of carbonyl (C=O) groups is 1. The van der Waals surface area contributed by atoms with Gasteiger partial charge in [-0.05, 0) is 6.92 Å². The van der Waals surface area contributed by atoms with Crippen molar-refractivity contribution in [3.8, 4) is 24.3 Å². The van der Waals surface area contributed by atoms with Gasteiger partial charge >= 0.3 is 0 Å². The van der Waals surface area contributed by atoms with Gasteiger partial charge in [0.25, 0.3) is 0 Å². The lowest BCUT2D eigenvalue weighted by molar-refractivity contribution is 0.0951. The summed E-state index contributed by atoms with van der Waals surface area (Å²) in [5, 5.41) is 36.0. The topological polar surface area (TPSA) is 112 Å². The Morgan fingerprint density at radius 2 is 1.60 bits per heavy atom. The summed E-state index contributed by atoms with van der Waals surface area (Å²) in [6.07, 6.45) is -0.477. The molecule has 0 N–H and O–H groups in total. The van der Waals surface area contributed by atoms with Gasteiger partial charge in [0.15, 0.2) is 17.1 Å². The smallest absolute Gasteiger partial charge is 0.179 e. The molecular formula is C15H10N4O. The van der Waals surface area contributed by atoms with Gasteiger partial charge in [-0.1, -0.05) is 29.8 Å². The lowest BCUT2D eigenvalue weighted by Gasteiger charge is -2.17. The first kappa shape index (κ1) is 14.9. The molecule has 0 radical (unpaired) electrons. The molecular weight excluding hydrogens is 252 g/mol. The molecule has 0 aliphatic carbocycles. The fraction of sp³-hybridized carbons (Fsp3) is 0.267. The zero-order valence-electron chi connectivity index (χ0n) is 10.8. The second-order valence-electron chi connectivity index (χ2n) is 4.35. The van der Waals surface area contributed by atoms with Crippen LogP contribution in [0.2, 0.25) is 0 Å². The summed E-state index contributed by atoms with van der Waals surface area (Å²) in [7, 11) is 0. The van der Waals surface area contributed by atoms with E-state index in [-0.39, 0.29) is 0 Å². The maximum atomic E-state index is 12.1. The summed E-state index contributed by atoms with van der Waals surface area (Å²) < 4.78 is 0. The predicted octanol–water partition coefficient (Wildman–Crippen LogP) is 2.26. The van der Waals surface area contributed by atoms with Crippen LogP contribution in [-0.4, -0.2) is 5.78 Å². The minimum atomic E-state index is -1.94. The first-order valence-electron chi connectivity index (χ1n) is 5.74. The number of benzene rings is 1. The van der Waals surface area contributed by atoms with Gasteiger partial charge in [0.1, 0.15) is 0 Å². The lowest BCUT2D eigenvalue weighted by Crippen LogP contribution is -2.29. The van der Waals surface area contributed by atoms with Gasteiger partial charge in [-0.3, -0.25) is 4.79 Å². The number of ketones is 1. The molecule has 1 rings (SSSR count). The van der Waals surface area contributed by atoms with E-state index in [0.29, 0.717) is 5.56 Å². The highest BCUT2D eigenvalue weighted by Crippen LogP contribution is 2.31. The van der Waals surface area contributed by atoms with Crippen molar-refractivity contribution in [2.45, 2.75) is 13.3 Å². The lowest BCUT2D eigenvalue weighted by atomic mass is 9.74. The van der Waals surface area contributed by atoms with Gasteiger partial charge in [0.2, 0.25) is 0 Å². The highest BCUT2D eigenvalue weighted by atomic mass is 16.1. The number of nitrogens with zero attached hydrogens (tertiary/aromatic N) is 4. The average Bonchev–Trinajstić information content (AvgIpc) is 2.47. The third-order valence-electron chi connectivity index (χ3n) is 2.96. The molecule has 0 saturated carbocycles. The van der Waals surface area contributed by atoms with Crippen LogP contribution in [0.5, 0.6) is 0 Å². The van der Waals surface area contributed by atoms with E-state index in [1.54, 1.807) is 48.5 Å². The van der Waals surface area contributed by atoms with Crippen LogP contribution in [0.15, 0.2) is 24.3 Å². The molecule has 1 aromatic rings. The quantitative estimate of drug-likeness (QED) is 0.772. The average molecular weight is 262 g/mol. The van der Waals surface area contributed by atoms with E-state index in [1.807, 2.05) is 6.92 Å². The Hall–Kier alpha value is -3.15. The van der Waals surface area contributed by atoms with Gasteiger partial charge in [-0.25, -0.2) is 0 Å². The molecule has 5 heteroatoms. The number of Topliss-reactive ketones (excluding diaryl/α,β-unsaturated/α-hetero) is 1.